The molecular weight excluding hydrogens is 1450 g/mol. The molecule has 0 aromatic heterocycles. The van der Waals surface area contributed by atoms with Gasteiger partial charge in [-0.1, -0.05) is 458 Å². The molecule has 0 aromatic rings. The summed E-state index contributed by atoms with van der Waals surface area (Å²) in [5.74, 6) is -1.28. The summed E-state index contributed by atoms with van der Waals surface area (Å²) in [6.45, 7) is 7.45. The van der Waals surface area contributed by atoms with Gasteiger partial charge in [0.2, 0.25) is 0 Å². The Hall–Kier alpha value is -1.94. The number of unbranched alkanes of at least 4 members (excludes halogenated alkanes) is 65. The lowest BCUT2D eigenvalue weighted by molar-refractivity contribution is -0.161. The summed E-state index contributed by atoms with van der Waals surface area (Å²) in [6.07, 6.45) is 82.0. The Labute approximate surface area is 689 Å². The van der Waals surface area contributed by atoms with Crippen molar-refractivity contribution in [3.63, 3.8) is 0 Å². The largest absolute Gasteiger partial charge is 0.472 e. The van der Waals surface area contributed by atoms with Crippen LogP contribution in [0.25, 0.3) is 0 Å². The summed E-state index contributed by atoms with van der Waals surface area (Å²) >= 11 is 0. The van der Waals surface area contributed by atoms with Crippen LogP contribution in [0.4, 0.5) is 0 Å². The van der Waals surface area contributed by atoms with E-state index in [0.29, 0.717) is 25.7 Å². The second kappa shape index (κ2) is 85.5. The normalized spacial score (nSPS) is 13.7. The van der Waals surface area contributed by atoms with Gasteiger partial charge in [-0.25, -0.2) is 9.13 Å². The minimum atomic E-state index is -4.97. The first-order chi connectivity index (χ1) is 54.5. The number of phosphoric ester groups is 2. The van der Waals surface area contributed by atoms with Crippen molar-refractivity contribution in [2.24, 2.45) is 5.92 Å². The molecule has 0 aliphatic carbocycles. The van der Waals surface area contributed by atoms with Gasteiger partial charge in [-0.15, -0.1) is 0 Å². The van der Waals surface area contributed by atoms with Crippen molar-refractivity contribution in [3.8, 4) is 0 Å². The van der Waals surface area contributed by atoms with Crippen LogP contribution >= 0.6 is 15.6 Å². The SMILES string of the molecule is CCCCCCCCCCCCCCCCCCCCCCCCC(=O)O[C@H](COC(=O)CCCCCCCCCCCCCCCCCCC(C)C)COP(=O)(O)OC[C@@H](O)COP(=O)(O)OC[C@@H](COC(=O)CCCCCCCCCCCCCCC)OC(=O)CCCCCCCCCCCCCCCCCCCC. The van der Waals surface area contributed by atoms with E-state index in [-0.39, 0.29) is 25.7 Å². The highest BCUT2D eigenvalue weighted by Gasteiger charge is 2.31. The van der Waals surface area contributed by atoms with Gasteiger partial charge in [0.1, 0.15) is 19.3 Å². The summed E-state index contributed by atoms with van der Waals surface area (Å²) in [5.41, 5.74) is 0. The third kappa shape index (κ3) is 85.9. The number of aliphatic hydroxyl groups is 1. The Morgan fingerprint density at radius 3 is 0.607 bits per heavy atom. The van der Waals surface area contributed by atoms with Crippen LogP contribution in [0.3, 0.4) is 0 Å². The van der Waals surface area contributed by atoms with E-state index in [4.69, 9.17) is 37.0 Å². The molecule has 19 heteroatoms. The maximum Gasteiger partial charge on any atom is 0.472 e. The monoisotopic (exact) mass is 1630 g/mol. The van der Waals surface area contributed by atoms with Crippen LogP contribution in [-0.4, -0.2) is 96.7 Å². The van der Waals surface area contributed by atoms with Crippen LogP contribution in [0.2, 0.25) is 0 Å². The first-order valence-electron chi connectivity index (χ1n) is 48.1. The lowest BCUT2D eigenvalue weighted by atomic mass is 10.0. The Balaban J connectivity index is 5.25. The van der Waals surface area contributed by atoms with Crippen LogP contribution in [0.5, 0.6) is 0 Å². The minimum absolute atomic E-state index is 0.110. The number of phosphoric acid groups is 2. The number of carbonyl (C=O) groups excluding carboxylic acids is 4. The van der Waals surface area contributed by atoms with Crippen molar-refractivity contribution in [1.82, 2.24) is 0 Å². The molecule has 0 rings (SSSR count). The third-order valence-corrected chi connectivity index (χ3v) is 23.9. The van der Waals surface area contributed by atoms with E-state index in [1.54, 1.807) is 0 Å². The molecule has 0 saturated carbocycles. The zero-order valence-corrected chi connectivity index (χ0v) is 75.6. The summed E-state index contributed by atoms with van der Waals surface area (Å²) < 4.78 is 69.2. The van der Waals surface area contributed by atoms with Gasteiger partial charge in [0, 0.05) is 25.7 Å². The van der Waals surface area contributed by atoms with Crippen LogP contribution < -0.4 is 0 Å². The number of aliphatic hydroxyl groups excluding tert-OH is 1. The predicted octanol–water partition coefficient (Wildman–Crippen LogP) is 29.1. The molecular formula is C93H182O17P2. The first kappa shape index (κ1) is 110. The molecule has 0 radical (unpaired) electrons. The highest BCUT2D eigenvalue weighted by Crippen LogP contribution is 2.45. The average molecular weight is 1630 g/mol. The average Bonchev–Trinajstić information content (AvgIpc) is 0.898. The zero-order chi connectivity index (χ0) is 81.8. The molecule has 112 heavy (non-hydrogen) atoms. The van der Waals surface area contributed by atoms with Crippen molar-refractivity contribution in [3.05, 3.63) is 0 Å². The van der Waals surface area contributed by atoms with Crippen LogP contribution in [-0.2, 0) is 65.4 Å². The van der Waals surface area contributed by atoms with E-state index in [1.807, 2.05) is 0 Å². The highest BCUT2D eigenvalue weighted by molar-refractivity contribution is 7.47. The van der Waals surface area contributed by atoms with Gasteiger partial charge in [0.15, 0.2) is 12.2 Å². The molecule has 0 fully saturated rings. The van der Waals surface area contributed by atoms with E-state index in [2.05, 4.69) is 34.6 Å². The van der Waals surface area contributed by atoms with Crippen LogP contribution in [0, 0.1) is 5.92 Å². The summed E-state index contributed by atoms with van der Waals surface area (Å²) in [6, 6.07) is 0. The number of carbonyl (C=O) groups is 4. The fourth-order valence-electron chi connectivity index (χ4n) is 14.7. The van der Waals surface area contributed by atoms with Gasteiger partial charge < -0.3 is 33.8 Å². The van der Waals surface area contributed by atoms with Crippen molar-refractivity contribution in [1.29, 1.82) is 0 Å². The standard InChI is InChI=1S/C93H182O17P2/c1-6-9-12-15-18-21-24-27-29-31-33-34-35-36-38-44-49-54-59-64-69-74-79-93(98)110-89(83-104-91(96)77-72-67-62-57-52-47-42-40-39-41-46-50-55-60-65-70-75-86(4)5)85-108-112(101,102)106-81-87(94)80-105-111(99,100)107-84-88(82-103-90(95)76-71-66-61-56-51-45-26-23-20-17-14-11-8-3)109-92(97)78-73-68-63-58-53-48-43-37-32-30-28-25-22-19-16-13-10-7-2/h86-89,94H,6-85H2,1-5H3,(H,99,100)(H,101,102)/t87-,88+,89+/m0/s1. The first-order valence-corrected chi connectivity index (χ1v) is 51.1. The van der Waals surface area contributed by atoms with Gasteiger partial charge in [0.05, 0.1) is 26.4 Å². The van der Waals surface area contributed by atoms with E-state index >= 15 is 0 Å². The maximum absolute atomic E-state index is 13.2. The Kier molecular flexibility index (Phi) is 84.0. The molecule has 0 aromatic carbocycles. The molecule has 0 aliphatic rings. The summed E-state index contributed by atoms with van der Waals surface area (Å²) in [4.78, 5) is 73.5. The van der Waals surface area contributed by atoms with Crippen LogP contribution in [0.1, 0.15) is 510 Å². The number of hydrogen-bond acceptors (Lipinski definition) is 15. The van der Waals surface area contributed by atoms with Crippen molar-refractivity contribution in [2.45, 2.75) is 528 Å². The lowest BCUT2D eigenvalue weighted by Crippen LogP contribution is -2.30. The van der Waals surface area contributed by atoms with Crippen molar-refractivity contribution in [2.75, 3.05) is 39.6 Å². The van der Waals surface area contributed by atoms with E-state index < -0.39 is 97.5 Å². The summed E-state index contributed by atoms with van der Waals surface area (Å²) in [7, 11) is -9.94. The molecule has 3 N–H and O–H groups in total. The van der Waals surface area contributed by atoms with E-state index in [9.17, 15) is 43.2 Å². The van der Waals surface area contributed by atoms with Gasteiger partial charge in [-0.05, 0) is 31.6 Å². The summed E-state index contributed by atoms with van der Waals surface area (Å²) in [5, 5.41) is 10.7. The molecule has 5 atom stereocenters. The highest BCUT2D eigenvalue weighted by atomic mass is 31.2. The number of hydrogen-bond donors (Lipinski definition) is 3. The predicted molar refractivity (Wildman–Crippen MR) is 465 cm³/mol. The fourth-order valence-corrected chi connectivity index (χ4v) is 16.3. The fraction of sp³-hybridized carbons (Fsp3) is 0.957. The Bertz CT molecular complexity index is 2120. The molecule has 0 saturated heterocycles. The second-order valence-corrected chi connectivity index (χ2v) is 36.8. The van der Waals surface area contributed by atoms with Crippen LogP contribution in [0.15, 0.2) is 0 Å². The molecule has 0 spiro atoms. The van der Waals surface area contributed by atoms with Crippen molar-refractivity contribution >= 4 is 39.5 Å². The van der Waals surface area contributed by atoms with E-state index in [1.165, 1.54) is 334 Å². The lowest BCUT2D eigenvalue weighted by Gasteiger charge is -2.21. The number of esters is 4. The van der Waals surface area contributed by atoms with Gasteiger partial charge in [-0.2, -0.15) is 0 Å². The molecule has 666 valence electrons. The zero-order valence-electron chi connectivity index (χ0n) is 73.8. The van der Waals surface area contributed by atoms with Gasteiger partial charge in [0.25, 0.3) is 0 Å². The Morgan fingerprint density at radius 2 is 0.411 bits per heavy atom. The minimum Gasteiger partial charge on any atom is -0.462 e. The third-order valence-electron chi connectivity index (χ3n) is 22.0. The Morgan fingerprint density at radius 1 is 0.241 bits per heavy atom. The van der Waals surface area contributed by atoms with E-state index in [0.717, 1.165) is 95.8 Å². The topological polar surface area (TPSA) is 237 Å². The van der Waals surface area contributed by atoms with Gasteiger partial charge >= 0.3 is 39.5 Å². The second-order valence-electron chi connectivity index (χ2n) is 33.9. The maximum atomic E-state index is 13.2. The molecule has 0 amide bonds. The van der Waals surface area contributed by atoms with Crippen molar-refractivity contribution < 1.29 is 80.2 Å². The smallest absolute Gasteiger partial charge is 0.462 e. The molecule has 2 unspecified atom stereocenters. The molecule has 0 bridgehead atoms. The molecule has 0 aliphatic heterocycles. The molecule has 0 heterocycles. The molecule has 17 nitrogen and oxygen atoms in total. The quantitative estimate of drug-likeness (QED) is 0.0222. The van der Waals surface area contributed by atoms with Gasteiger partial charge in [-0.3, -0.25) is 37.3 Å². The number of ether oxygens (including phenoxy) is 4. The number of rotatable bonds is 93.